The summed E-state index contributed by atoms with van der Waals surface area (Å²) in [6.07, 6.45) is 4.09. The Morgan fingerprint density at radius 2 is 2.20 bits per heavy atom. The summed E-state index contributed by atoms with van der Waals surface area (Å²) in [5.41, 5.74) is 8.24. The first-order valence-electron chi connectivity index (χ1n) is 7.14. The Hall–Kier alpha value is -1.39. The second-order valence-electron chi connectivity index (χ2n) is 4.99. The van der Waals surface area contributed by atoms with E-state index in [-0.39, 0.29) is 6.04 Å². The molecule has 1 aliphatic carbocycles. The summed E-state index contributed by atoms with van der Waals surface area (Å²) >= 11 is 0. The number of methoxy groups -OCH3 is 1. The van der Waals surface area contributed by atoms with E-state index in [4.69, 9.17) is 5.73 Å². The van der Waals surface area contributed by atoms with Crippen molar-refractivity contribution in [2.75, 3.05) is 13.7 Å². The first-order chi connectivity index (χ1) is 9.65. The molecule has 1 aromatic carbocycles. The zero-order valence-electron chi connectivity index (χ0n) is 12.3. The summed E-state index contributed by atoms with van der Waals surface area (Å²) < 4.78 is 4.54. The fourth-order valence-corrected chi connectivity index (χ4v) is 2.56. The number of carbonyl (C=O) groups is 1. The zero-order chi connectivity index (χ0) is 15.0. The third-order valence-corrected chi connectivity index (χ3v) is 3.67. The van der Waals surface area contributed by atoms with Crippen LogP contribution in [-0.4, -0.2) is 31.2 Å². The van der Waals surface area contributed by atoms with E-state index in [1.54, 1.807) is 13.2 Å². The minimum absolute atomic E-state index is 0.0787. The van der Waals surface area contributed by atoms with Gasteiger partial charge in [-0.15, -0.1) is 0 Å². The number of hydrogen-bond acceptors (Lipinski definition) is 4. The van der Waals surface area contributed by atoms with Crippen molar-refractivity contribution in [3.63, 3.8) is 0 Å². The van der Waals surface area contributed by atoms with Gasteiger partial charge in [0.05, 0.1) is 0 Å². The summed E-state index contributed by atoms with van der Waals surface area (Å²) in [6.45, 7) is 2.78. The highest BCUT2D eigenvalue weighted by Gasteiger charge is 2.30. The monoisotopic (exact) mass is 279 g/mol. The van der Waals surface area contributed by atoms with E-state index >= 15 is 0 Å². The van der Waals surface area contributed by atoms with E-state index in [1.165, 1.54) is 5.56 Å². The van der Waals surface area contributed by atoms with Gasteiger partial charge in [-0.05, 0) is 49.3 Å². The Bertz CT molecular complexity index is 418. The molecule has 0 spiro atoms. The number of unbranched alkanes of at least 4 members (excludes halogenated alkanes) is 1. The van der Waals surface area contributed by atoms with E-state index in [0.717, 1.165) is 37.7 Å². The maximum atomic E-state index is 10.3. The van der Waals surface area contributed by atoms with Crippen molar-refractivity contribution in [3.05, 3.63) is 29.3 Å². The van der Waals surface area contributed by atoms with E-state index < -0.39 is 0 Å². The maximum absolute atomic E-state index is 10.3. The van der Waals surface area contributed by atoms with Gasteiger partial charge in [0.15, 0.2) is 0 Å². The highest BCUT2D eigenvalue weighted by molar-refractivity contribution is 5.49. The molecule has 4 heteroatoms. The number of ether oxygens (including phenoxy) is 1. The van der Waals surface area contributed by atoms with Gasteiger partial charge >= 0.3 is 0 Å². The largest absolute Gasteiger partial charge is 0.508 e. The number of benzene rings is 1. The van der Waals surface area contributed by atoms with Gasteiger partial charge in [0.25, 0.3) is 0 Å². The zero-order valence-corrected chi connectivity index (χ0v) is 12.3. The lowest BCUT2D eigenvalue weighted by atomic mass is 9.93. The molecule has 2 unspecified atom stereocenters. The van der Waals surface area contributed by atoms with Crippen LogP contribution in [0.1, 0.15) is 43.2 Å². The molecule has 0 heterocycles. The third-order valence-electron chi connectivity index (χ3n) is 3.67. The van der Waals surface area contributed by atoms with Crippen LogP contribution in [0.3, 0.4) is 0 Å². The second kappa shape index (κ2) is 8.72. The fourth-order valence-electron chi connectivity index (χ4n) is 2.56. The van der Waals surface area contributed by atoms with Crippen LogP contribution in [0.2, 0.25) is 0 Å². The Morgan fingerprint density at radius 3 is 2.80 bits per heavy atom. The van der Waals surface area contributed by atoms with Gasteiger partial charge in [0.1, 0.15) is 12.0 Å². The van der Waals surface area contributed by atoms with Crippen LogP contribution in [0, 0.1) is 0 Å². The normalized spacial score (nSPS) is 19.9. The molecule has 4 nitrogen and oxygen atoms in total. The van der Waals surface area contributed by atoms with Crippen LogP contribution in [0.4, 0.5) is 0 Å². The van der Waals surface area contributed by atoms with Crippen LogP contribution in [0.15, 0.2) is 18.2 Å². The summed E-state index contributed by atoms with van der Waals surface area (Å²) in [7, 11) is 1.68. The Morgan fingerprint density at radius 1 is 1.50 bits per heavy atom. The predicted molar refractivity (Wildman–Crippen MR) is 80.0 cm³/mol. The molecule has 3 N–H and O–H groups in total. The first kappa shape index (κ1) is 16.7. The summed E-state index contributed by atoms with van der Waals surface area (Å²) in [4.78, 5) is 10.3. The Kier molecular flexibility index (Phi) is 7.26. The summed E-state index contributed by atoms with van der Waals surface area (Å²) in [6, 6.07) is 5.68. The number of fused-ring (bicyclic) bond motifs is 1. The molecule has 0 saturated carbocycles. The summed E-state index contributed by atoms with van der Waals surface area (Å²) in [5, 5.41) is 9.73. The molecule has 0 fully saturated rings. The quantitative estimate of drug-likeness (QED) is 0.641. The van der Waals surface area contributed by atoms with Gasteiger partial charge in [0.2, 0.25) is 0 Å². The van der Waals surface area contributed by atoms with Crippen molar-refractivity contribution in [1.29, 1.82) is 0 Å². The minimum Gasteiger partial charge on any atom is -0.508 e. The molecule has 2 rings (SSSR count). The Balaban J connectivity index is 0.000000444. The molecule has 0 bridgehead atoms. The average Bonchev–Trinajstić information content (AvgIpc) is 2.78. The van der Waals surface area contributed by atoms with Crippen LogP contribution < -0.4 is 5.73 Å². The number of aldehydes is 1. The van der Waals surface area contributed by atoms with Crippen LogP contribution in [0.5, 0.6) is 5.75 Å². The SMILES string of the molecule is CCOC.NC1Cc2c(O)cccc2C1CCCC=O. The fraction of sp³-hybridized carbons (Fsp3) is 0.562. The van der Waals surface area contributed by atoms with E-state index in [2.05, 4.69) is 4.74 Å². The van der Waals surface area contributed by atoms with Crippen LogP contribution >= 0.6 is 0 Å². The smallest absolute Gasteiger partial charge is 0.119 e. The van der Waals surface area contributed by atoms with Gasteiger partial charge in [-0.1, -0.05) is 12.1 Å². The number of carbonyl (C=O) groups excluding carboxylic acids is 1. The number of rotatable bonds is 5. The molecule has 0 saturated heterocycles. The van der Waals surface area contributed by atoms with Crippen molar-refractivity contribution in [2.45, 2.75) is 44.6 Å². The number of hydrogen-bond donors (Lipinski definition) is 2. The molecule has 112 valence electrons. The molecule has 0 aliphatic heterocycles. The van der Waals surface area contributed by atoms with E-state index in [0.29, 0.717) is 18.1 Å². The molecular formula is C16H25NO3. The highest BCUT2D eigenvalue weighted by atomic mass is 16.5. The van der Waals surface area contributed by atoms with Crippen LogP contribution in [0.25, 0.3) is 0 Å². The minimum atomic E-state index is 0.0787. The maximum Gasteiger partial charge on any atom is 0.119 e. The van der Waals surface area contributed by atoms with Crippen molar-refractivity contribution >= 4 is 6.29 Å². The number of phenols is 1. The molecule has 20 heavy (non-hydrogen) atoms. The molecule has 1 aromatic rings. The van der Waals surface area contributed by atoms with Crippen LogP contribution in [-0.2, 0) is 16.0 Å². The molecule has 2 atom stereocenters. The third kappa shape index (κ3) is 4.32. The average molecular weight is 279 g/mol. The van der Waals surface area contributed by atoms with E-state index in [1.807, 2.05) is 19.1 Å². The summed E-state index contributed by atoms with van der Waals surface area (Å²) in [5.74, 6) is 0.646. The Labute approximate surface area is 120 Å². The van der Waals surface area contributed by atoms with Gasteiger partial charge in [-0.2, -0.15) is 0 Å². The number of aromatic hydroxyl groups is 1. The van der Waals surface area contributed by atoms with Gasteiger partial charge in [0, 0.05) is 26.2 Å². The molecular weight excluding hydrogens is 254 g/mol. The highest BCUT2D eigenvalue weighted by Crippen LogP contribution is 2.39. The number of phenolic OH excluding ortho intramolecular Hbond substituents is 1. The predicted octanol–water partition coefficient (Wildman–Crippen LogP) is 2.38. The molecule has 1 aliphatic rings. The lowest BCUT2D eigenvalue weighted by molar-refractivity contribution is -0.107. The molecule has 0 aromatic heterocycles. The lowest BCUT2D eigenvalue weighted by Crippen LogP contribution is -2.24. The van der Waals surface area contributed by atoms with E-state index in [9.17, 15) is 9.90 Å². The van der Waals surface area contributed by atoms with Crippen molar-refractivity contribution in [2.24, 2.45) is 5.73 Å². The standard InChI is InChI=1S/C13H17NO2.C3H8O/c14-12-8-11-9(5-3-6-13(11)16)10(12)4-1-2-7-15;1-3-4-2/h3,5-7,10,12,16H,1-2,4,8,14H2;3H2,1-2H3. The van der Waals surface area contributed by atoms with Gasteiger partial charge in [-0.25, -0.2) is 0 Å². The van der Waals surface area contributed by atoms with Gasteiger partial charge in [-0.3, -0.25) is 0 Å². The number of nitrogens with two attached hydrogens (primary N) is 1. The lowest BCUT2D eigenvalue weighted by Gasteiger charge is -2.15. The van der Waals surface area contributed by atoms with Gasteiger partial charge < -0.3 is 20.4 Å². The first-order valence-corrected chi connectivity index (χ1v) is 7.14. The van der Waals surface area contributed by atoms with Crippen molar-refractivity contribution in [3.8, 4) is 5.75 Å². The molecule has 0 radical (unpaired) electrons. The molecule has 0 amide bonds. The van der Waals surface area contributed by atoms with Crippen molar-refractivity contribution in [1.82, 2.24) is 0 Å². The topological polar surface area (TPSA) is 72.6 Å². The van der Waals surface area contributed by atoms with Crippen molar-refractivity contribution < 1.29 is 14.6 Å². The second-order valence-corrected chi connectivity index (χ2v) is 4.99.